The number of aromatic amines is 1. The molecule has 0 bridgehead atoms. The first-order valence-electron chi connectivity index (χ1n) is 8.77. The van der Waals surface area contributed by atoms with Crippen molar-refractivity contribution >= 4 is 10.9 Å². The van der Waals surface area contributed by atoms with Gasteiger partial charge in [0, 0.05) is 29.7 Å². The maximum Gasteiger partial charge on any atom is 0.119 e. The number of rotatable bonds is 1. The Morgan fingerprint density at radius 3 is 3.05 bits per heavy atom. The second-order valence-electron chi connectivity index (χ2n) is 7.33. The first-order chi connectivity index (χ1) is 10.8. The van der Waals surface area contributed by atoms with Crippen LogP contribution in [0.2, 0.25) is 0 Å². The van der Waals surface area contributed by atoms with Crippen LogP contribution in [-0.2, 0) is 6.42 Å². The molecule has 3 heteroatoms. The van der Waals surface area contributed by atoms with Gasteiger partial charge in [-0.25, -0.2) is 0 Å². The molecule has 3 atom stereocenters. The fraction of sp³-hybridized carbons (Fsp3) is 0.579. The van der Waals surface area contributed by atoms with Crippen LogP contribution in [0, 0.1) is 11.8 Å². The van der Waals surface area contributed by atoms with E-state index < -0.39 is 0 Å². The molecule has 5 rings (SSSR count). The van der Waals surface area contributed by atoms with E-state index in [2.05, 4.69) is 28.1 Å². The van der Waals surface area contributed by atoms with Crippen LogP contribution in [-0.4, -0.2) is 30.1 Å². The molecule has 0 spiro atoms. The molecular formula is C19H24N2O. The van der Waals surface area contributed by atoms with Crippen molar-refractivity contribution in [3.8, 4) is 5.75 Å². The van der Waals surface area contributed by atoms with Crippen LogP contribution in [0.1, 0.15) is 43.0 Å². The standard InChI is InChI=1S/C19H24N2O/c1-22-13-6-7-17-16(10-13)15-8-9-21-11-12-4-2-3-5-14(12)19(21)18(15)20-17/h6-7,10,12,14,19-20H,2-5,8-9,11H2,1H3/t12-,14+,19-/m0/s1. The summed E-state index contributed by atoms with van der Waals surface area (Å²) < 4.78 is 5.43. The normalized spacial score (nSPS) is 30.9. The van der Waals surface area contributed by atoms with E-state index >= 15 is 0 Å². The van der Waals surface area contributed by atoms with E-state index in [0.29, 0.717) is 6.04 Å². The zero-order valence-electron chi connectivity index (χ0n) is 13.3. The Labute approximate surface area is 131 Å². The lowest BCUT2D eigenvalue weighted by Crippen LogP contribution is -2.32. The van der Waals surface area contributed by atoms with Gasteiger partial charge in [-0.15, -0.1) is 0 Å². The zero-order valence-corrected chi connectivity index (χ0v) is 13.3. The molecule has 3 nitrogen and oxygen atoms in total. The van der Waals surface area contributed by atoms with Crippen LogP contribution >= 0.6 is 0 Å². The van der Waals surface area contributed by atoms with Crippen molar-refractivity contribution in [1.82, 2.24) is 9.88 Å². The van der Waals surface area contributed by atoms with Crippen molar-refractivity contribution in [2.75, 3.05) is 20.2 Å². The van der Waals surface area contributed by atoms with Crippen LogP contribution in [0.25, 0.3) is 10.9 Å². The number of hydrogen-bond donors (Lipinski definition) is 1. The van der Waals surface area contributed by atoms with Gasteiger partial charge in [0.25, 0.3) is 0 Å². The van der Waals surface area contributed by atoms with Crippen LogP contribution in [0.5, 0.6) is 5.75 Å². The summed E-state index contributed by atoms with van der Waals surface area (Å²) in [5.74, 6) is 2.78. The Kier molecular flexibility index (Phi) is 2.81. The van der Waals surface area contributed by atoms with Crippen LogP contribution in [0.3, 0.4) is 0 Å². The Morgan fingerprint density at radius 1 is 1.23 bits per heavy atom. The van der Waals surface area contributed by atoms with Crippen molar-refractivity contribution in [2.24, 2.45) is 11.8 Å². The molecule has 116 valence electrons. The number of nitrogens with one attached hydrogen (secondary N) is 1. The summed E-state index contributed by atoms with van der Waals surface area (Å²) in [5.41, 5.74) is 4.36. The van der Waals surface area contributed by atoms with Crippen molar-refractivity contribution in [3.05, 3.63) is 29.5 Å². The molecule has 1 aliphatic carbocycles. The van der Waals surface area contributed by atoms with Gasteiger partial charge >= 0.3 is 0 Å². The van der Waals surface area contributed by atoms with Gasteiger partial charge in [-0.3, -0.25) is 4.90 Å². The molecule has 1 saturated heterocycles. The molecule has 1 saturated carbocycles. The Hall–Kier alpha value is -1.48. The highest BCUT2D eigenvalue weighted by Crippen LogP contribution is 2.51. The summed E-state index contributed by atoms with van der Waals surface area (Å²) in [7, 11) is 1.76. The largest absolute Gasteiger partial charge is 0.497 e. The lowest BCUT2D eigenvalue weighted by molar-refractivity contribution is 0.198. The minimum Gasteiger partial charge on any atom is -0.497 e. The third kappa shape index (κ3) is 1.72. The molecule has 22 heavy (non-hydrogen) atoms. The van der Waals surface area contributed by atoms with Gasteiger partial charge in [-0.05, 0) is 54.9 Å². The minimum absolute atomic E-state index is 0.646. The molecule has 1 aromatic heterocycles. The molecule has 1 aromatic carbocycles. The third-order valence-electron chi connectivity index (χ3n) is 6.33. The molecule has 0 amide bonds. The monoisotopic (exact) mass is 296 g/mol. The van der Waals surface area contributed by atoms with Gasteiger partial charge in [0.05, 0.1) is 13.2 Å². The van der Waals surface area contributed by atoms with Crippen molar-refractivity contribution < 1.29 is 4.74 Å². The number of ether oxygens (including phenoxy) is 1. The number of fused-ring (bicyclic) bond motifs is 7. The number of aromatic nitrogens is 1. The third-order valence-corrected chi connectivity index (χ3v) is 6.33. The molecule has 2 aliphatic heterocycles. The molecule has 2 aromatic rings. The van der Waals surface area contributed by atoms with Crippen molar-refractivity contribution in [2.45, 2.75) is 38.1 Å². The maximum atomic E-state index is 5.43. The highest BCUT2D eigenvalue weighted by atomic mass is 16.5. The highest BCUT2D eigenvalue weighted by Gasteiger charge is 2.46. The Balaban J connectivity index is 1.64. The van der Waals surface area contributed by atoms with Crippen molar-refractivity contribution in [3.63, 3.8) is 0 Å². The molecule has 3 heterocycles. The van der Waals surface area contributed by atoms with E-state index in [0.717, 1.165) is 17.6 Å². The number of nitrogens with zero attached hydrogens (tertiary/aromatic N) is 1. The van der Waals surface area contributed by atoms with Gasteiger partial charge < -0.3 is 9.72 Å². The first-order valence-corrected chi connectivity index (χ1v) is 8.77. The molecule has 2 fully saturated rings. The summed E-state index contributed by atoms with van der Waals surface area (Å²) in [6, 6.07) is 7.12. The predicted molar refractivity (Wildman–Crippen MR) is 88.3 cm³/mol. The molecule has 0 radical (unpaired) electrons. The zero-order chi connectivity index (χ0) is 14.7. The van der Waals surface area contributed by atoms with Gasteiger partial charge in [0.15, 0.2) is 0 Å². The lowest BCUT2D eigenvalue weighted by Gasteiger charge is -2.34. The first kappa shape index (κ1) is 13.0. The van der Waals surface area contributed by atoms with Crippen LogP contribution in [0.4, 0.5) is 0 Å². The molecular weight excluding hydrogens is 272 g/mol. The number of methoxy groups -OCH3 is 1. The van der Waals surface area contributed by atoms with Crippen LogP contribution in [0.15, 0.2) is 18.2 Å². The fourth-order valence-electron chi connectivity index (χ4n) is 5.34. The van der Waals surface area contributed by atoms with Gasteiger partial charge in [0.2, 0.25) is 0 Å². The molecule has 3 aliphatic rings. The second kappa shape index (κ2) is 4.76. The number of H-pyrrole nitrogens is 1. The van der Waals surface area contributed by atoms with Gasteiger partial charge in [-0.2, -0.15) is 0 Å². The lowest BCUT2D eigenvalue weighted by atomic mass is 9.77. The molecule has 1 N–H and O–H groups in total. The Bertz CT molecular complexity index is 720. The summed E-state index contributed by atoms with van der Waals surface area (Å²) in [6.07, 6.45) is 6.91. The number of benzene rings is 1. The SMILES string of the molecule is COc1ccc2[nH]c3c(c2c1)CCN1C[C@@H]2CCCC[C@H]2[C@@H]31. The average Bonchev–Trinajstić information content (AvgIpc) is 3.11. The topological polar surface area (TPSA) is 28.3 Å². The van der Waals surface area contributed by atoms with E-state index in [-0.39, 0.29) is 0 Å². The smallest absolute Gasteiger partial charge is 0.119 e. The van der Waals surface area contributed by atoms with Gasteiger partial charge in [0.1, 0.15) is 5.75 Å². The quantitative estimate of drug-likeness (QED) is 0.864. The number of hydrogen-bond acceptors (Lipinski definition) is 2. The predicted octanol–water partition coefficient (Wildman–Crippen LogP) is 3.90. The van der Waals surface area contributed by atoms with E-state index in [1.165, 1.54) is 61.8 Å². The molecule has 0 unspecified atom stereocenters. The fourth-order valence-corrected chi connectivity index (χ4v) is 5.34. The van der Waals surface area contributed by atoms with Crippen LogP contribution < -0.4 is 4.74 Å². The van der Waals surface area contributed by atoms with E-state index in [4.69, 9.17) is 4.74 Å². The highest BCUT2D eigenvalue weighted by molar-refractivity contribution is 5.86. The Morgan fingerprint density at radius 2 is 2.14 bits per heavy atom. The van der Waals surface area contributed by atoms with E-state index in [1.54, 1.807) is 12.7 Å². The second-order valence-corrected chi connectivity index (χ2v) is 7.33. The summed E-state index contributed by atoms with van der Waals surface area (Å²) in [6.45, 7) is 2.56. The average molecular weight is 296 g/mol. The van der Waals surface area contributed by atoms with E-state index in [9.17, 15) is 0 Å². The summed E-state index contributed by atoms with van der Waals surface area (Å²) >= 11 is 0. The van der Waals surface area contributed by atoms with Gasteiger partial charge in [-0.1, -0.05) is 12.8 Å². The van der Waals surface area contributed by atoms with Crippen molar-refractivity contribution in [1.29, 1.82) is 0 Å². The summed E-state index contributed by atoms with van der Waals surface area (Å²) in [4.78, 5) is 6.53. The summed E-state index contributed by atoms with van der Waals surface area (Å²) in [5, 5.41) is 1.38. The minimum atomic E-state index is 0.646. The maximum absolute atomic E-state index is 5.43. The van der Waals surface area contributed by atoms with E-state index in [1.807, 2.05) is 0 Å².